The summed E-state index contributed by atoms with van der Waals surface area (Å²) in [4.78, 5) is 33.1. The van der Waals surface area contributed by atoms with Crippen LogP contribution in [0.5, 0.6) is 0 Å². The van der Waals surface area contributed by atoms with Crippen LogP contribution in [0.25, 0.3) is 0 Å². The van der Waals surface area contributed by atoms with Crippen molar-refractivity contribution in [3.63, 3.8) is 0 Å². The summed E-state index contributed by atoms with van der Waals surface area (Å²) in [6.45, 7) is 10.1. The molecule has 154 valence electrons. The van der Waals surface area contributed by atoms with E-state index in [4.69, 9.17) is 0 Å². The molecule has 2 amide bonds. The monoisotopic (exact) mass is 386 g/mol. The molecule has 2 fully saturated rings. The van der Waals surface area contributed by atoms with Crippen LogP contribution in [-0.2, 0) is 9.59 Å². The number of carbonyl (C=O) groups excluding carboxylic acids is 2. The lowest BCUT2D eigenvalue weighted by atomic mass is 9.99. The van der Waals surface area contributed by atoms with Crippen molar-refractivity contribution < 1.29 is 9.59 Å². The lowest BCUT2D eigenvalue weighted by molar-refractivity contribution is -0.132. The highest BCUT2D eigenvalue weighted by Crippen LogP contribution is 2.23. The topological polar surface area (TPSA) is 47.1 Å². The van der Waals surface area contributed by atoms with E-state index in [1.165, 1.54) is 5.69 Å². The molecule has 1 aromatic rings. The number of carbonyl (C=O) groups is 2. The first-order valence-electron chi connectivity index (χ1n) is 10.5. The van der Waals surface area contributed by atoms with Gasteiger partial charge in [0.25, 0.3) is 0 Å². The van der Waals surface area contributed by atoms with E-state index in [9.17, 15) is 9.59 Å². The van der Waals surface area contributed by atoms with E-state index in [2.05, 4.69) is 35.9 Å². The second-order valence-electron chi connectivity index (χ2n) is 8.29. The number of nitrogens with zero attached hydrogens (tertiary/aromatic N) is 4. The summed E-state index contributed by atoms with van der Waals surface area (Å²) in [6, 6.07) is 8.18. The van der Waals surface area contributed by atoms with Gasteiger partial charge in [0.15, 0.2) is 0 Å². The molecule has 6 heteroatoms. The van der Waals surface area contributed by atoms with Crippen LogP contribution >= 0.6 is 0 Å². The van der Waals surface area contributed by atoms with Gasteiger partial charge in [0.1, 0.15) is 0 Å². The van der Waals surface area contributed by atoms with E-state index >= 15 is 0 Å². The first kappa shape index (κ1) is 20.6. The van der Waals surface area contributed by atoms with E-state index in [0.717, 1.165) is 57.8 Å². The van der Waals surface area contributed by atoms with E-state index in [0.29, 0.717) is 18.9 Å². The Labute approximate surface area is 169 Å². The maximum absolute atomic E-state index is 12.5. The molecule has 3 rings (SSSR count). The molecule has 2 heterocycles. The van der Waals surface area contributed by atoms with Crippen molar-refractivity contribution in [3.05, 3.63) is 24.3 Å². The SMILES string of the molecule is CC(=O)N(CCC(=O)N1CCC(C)CC1)c1ccc(N2CCN(C)CC2)cc1. The Morgan fingerprint density at radius 2 is 1.61 bits per heavy atom. The summed E-state index contributed by atoms with van der Waals surface area (Å²) in [5.74, 6) is 0.844. The third-order valence-corrected chi connectivity index (χ3v) is 6.10. The summed E-state index contributed by atoms with van der Waals surface area (Å²) in [5.41, 5.74) is 2.06. The number of hydrogen-bond acceptors (Lipinski definition) is 4. The van der Waals surface area contributed by atoms with Crippen molar-refractivity contribution >= 4 is 23.2 Å². The van der Waals surface area contributed by atoms with Crippen LogP contribution in [0, 0.1) is 5.92 Å². The van der Waals surface area contributed by atoms with Crippen LogP contribution < -0.4 is 9.80 Å². The second-order valence-corrected chi connectivity index (χ2v) is 8.29. The number of amides is 2. The number of benzene rings is 1. The largest absolute Gasteiger partial charge is 0.369 e. The van der Waals surface area contributed by atoms with Gasteiger partial charge in [-0.15, -0.1) is 0 Å². The normalized spacial score (nSPS) is 19.0. The minimum absolute atomic E-state index is 0.0209. The first-order valence-corrected chi connectivity index (χ1v) is 10.5. The predicted octanol–water partition coefficient (Wildman–Crippen LogP) is 2.44. The molecule has 2 aliphatic rings. The first-order chi connectivity index (χ1) is 13.4. The average molecular weight is 387 g/mol. The third-order valence-electron chi connectivity index (χ3n) is 6.10. The molecule has 0 aliphatic carbocycles. The molecule has 1 aromatic carbocycles. The molecular weight excluding hydrogens is 352 g/mol. The zero-order valence-electron chi connectivity index (χ0n) is 17.6. The molecule has 2 aliphatic heterocycles. The molecule has 0 N–H and O–H groups in total. The fourth-order valence-electron chi connectivity index (χ4n) is 4.00. The predicted molar refractivity (Wildman–Crippen MR) is 114 cm³/mol. The Kier molecular flexibility index (Phi) is 6.94. The molecule has 0 spiro atoms. The van der Waals surface area contributed by atoms with E-state index in [1.807, 2.05) is 17.0 Å². The summed E-state index contributed by atoms with van der Waals surface area (Å²) >= 11 is 0. The molecule has 28 heavy (non-hydrogen) atoms. The zero-order chi connectivity index (χ0) is 20.1. The van der Waals surface area contributed by atoms with Gasteiger partial charge in [-0.1, -0.05) is 6.92 Å². The lowest BCUT2D eigenvalue weighted by Crippen LogP contribution is -2.44. The fourth-order valence-corrected chi connectivity index (χ4v) is 4.00. The third kappa shape index (κ3) is 5.25. The molecule has 2 saturated heterocycles. The molecule has 0 unspecified atom stereocenters. The van der Waals surface area contributed by atoms with Gasteiger partial charge >= 0.3 is 0 Å². The standard InChI is InChI=1S/C22H34N4O2/c1-18-8-11-25(12-9-18)22(28)10-13-26(19(2)27)21-6-4-20(5-7-21)24-16-14-23(3)15-17-24/h4-7,18H,8-17H2,1-3H3. The average Bonchev–Trinajstić information content (AvgIpc) is 2.69. The maximum atomic E-state index is 12.5. The van der Waals surface area contributed by atoms with Gasteiger partial charge in [-0.25, -0.2) is 0 Å². The summed E-state index contributed by atoms with van der Waals surface area (Å²) < 4.78 is 0. The van der Waals surface area contributed by atoms with Crippen LogP contribution in [-0.4, -0.2) is 74.5 Å². The van der Waals surface area contributed by atoms with Gasteiger partial charge in [-0.2, -0.15) is 0 Å². The van der Waals surface area contributed by atoms with Crippen LogP contribution in [0.4, 0.5) is 11.4 Å². The highest BCUT2D eigenvalue weighted by Gasteiger charge is 2.22. The van der Waals surface area contributed by atoms with Gasteiger partial charge in [0.2, 0.25) is 11.8 Å². The summed E-state index contributed by atoms with van der Waals surface area (Å²) in [6.07, 6.45) is 2.54. The smallest absolute Gasteiger partial charge is 0.224 e. The van der Waals surface area contributed by atoms with E-state index < -0.39 is 0 Å². The van der Waals surface area contributed by atoms with Gasteiger partial charge in [-0.3, -0.25) is 9.59 Å². The molecule has 0 atom stereocenters. The number of likely N-dealkylation sites (N-methyl/N-ethyl adjacent to an activating group) is 1. The fraction of sp³-hybridized carbons (Fsp3) is 0.636. The Hall–Kier alpha value is -2.08. The quantitative estimate of drug-likeness (QED) is 0.780. The second kappa shape index (κ2) is 9.41. The Bertz CT molecular complexity index is 660. The van der Waals surface area contributed by atoms with Crippen molar-refractivity contribution in [3.8, 4) is 0 Å². The Morgan fingerprint density at radius 3 is 2.18 bits per heavy atom. The van der Waals surface area contributed by atoms with Crippen molar-refractivity contribution in [1.82, 2.24) is 9.80 Å². The van der Waals surface area contributed by atoms with Crippen LogP contribution in [0.2, 0.25) is 0 Å². The van der Waals surface area contributed by atoms with Gasteiger partial charge in [-0.05, 0) is 50.1 Å². The summed E-state index contributed by atoms with van der Waals surface area (Å²) in [5, 5.41) is 0. The highest BCUT2D eigenvalue weighted by molar-refractivity contribution is 5.92. The van der Waals surface area contributed by atoms with Crippen LogP contribution in [0.15, 0.2) is 24.3 Å². The molecule has 0 radical (unpaired) electrons. The van der Waals surface area contributed by atoms with E-state index in [1.54, 1.807) is 11.8 Å². The maximum Gasteiger partial charge on any atom is 0.224 e. The molecular formula is C22H34N4O2. The van der Waals surface area contributed by atoms with Gasteiger partial charge in [0.05, 0.1) is 0 Å². The number of anilines is 2. The van der Waals surface area contributed by atoms with Gasteiger partial charge in [0, 0.05) is 70.5 Å². The Balaban J connectivity index is 1.57. The van der Waals surface area contributed by atoms with Crippen molar-refractivity contribution in [2.24, 2.45) is 5.92 Å². The Morgan fingerprint density at radius 1 is 1.00 bits per heavy atom. The number of piperazine rings is 1. The van der Waals surface area contributed by atoms with Crippen molar-refractivity contribution in [2.45, 2.75) is 33.1 Å². The number of rotatable bonds is 5. The van der Waals surface area contributed by atoms with Gasteiger partial charge < -0.3 is 19.6 Å². The van der Waals surface area contributed by atoms with Crippen LogP contribution in [0.3, 0.4) is 0 Å². The molecule has 0 saturated carbocycles. The lowest BCUT2D eigenvalue weighted by Gasteiger charge is -2.34. The highest BCUT2D eigenvalue weighted by atomic mass is 16.2. The number of hydrogen-bond donors (Lipinski definition) is 0. The minimum Gasteiger partial charge on any atom is -0.369 e. The van der Waals surface area contributed by atoms with Crippen molar-refractivity contribution in [1.29, 1.82) is 0 Å². The van der Waals surface area contributed by atoms with E-state index in [-0.39, 0.29) is 11.8 Å². The molecule has 6 nitrogen and oxygen atoms in total. The number of piperidine rings is 1. The summed E-state index contributed by atoms with van der Waals surface area (Å²) in [7, 11) is 2.15. The molecule has 0 aromatic heterocycles. The number of likely N-dealkylation sites (tertiary alicyclic amines) is 1. The zero-order valence-corrected chi connectivity index (χ0v) is 17.6. The van der Waals surface area contributed by atoms with Crippen molar-refractivity contribution in [2.75, 3.05) is 62.7 Å². The minimum atomic E-state index is -0.0209. The van der Waals surface area contributed by atoms with Crippen LogP contribution in [0.1, 0.15) is 33.1 Å². The molecule has 0 bridgehead atoms.